The van der Waals surface area contributed by atoms with Crippen molar-refractivity contribution in [1.29, 1.82) is 0 Å². The Kier molecular flexibility index (Phi) is 5.63. The first-order valence-corrected chi connectivity index (χ1v) is 9.56. The van der Waals surface area contributed by atoms with Crippen LogP contribution < -0.4 is 4.72 Å². The van der Waals surface area contributed by atoms with Crippen molar-refractivity contribution < 1.29 is 8.42 Å². The number of thiophene rings is 1. The van der Waals surface area contributed by atoms with Gasteiger partial charge in [0.15, 0.2) is 0 Å². The van der Waals surface area contributed by atoms with Crippen molar-refractivity contribution in [2.45, 2.75) is 17.9 Å². The number of halogens is 1. The molecule has 0 aliphatic rings. The molecular formula is C15H19ClN2O2S2. The lowest BCUT2D eigenvalue weighted by molar-refractivity contribution is 0.300. The number of nitrogens with zero attached hydrogens (tertiary/aromatic N) is 1. The molecule has 22 heavy (non-hydrogen) atoms. The van der Waals surface area contributed by atoms with Crippen LogP contribution in [0.5, 0.6) is 0 Å². The van der Waals surface area contributed by atoms with Crippen molar-refractivity contribution in [3.05, 3.63) is 51.2 Å². The van der Waals surface area contributed by atoms with Crippen LogP contribution in [0.2, 0.25) is 5.02 Å². The summed E-state index contributed by atoms with van der Waals surface area (Å²) in [5.74, 6) is 0. The van der Waals surface area contributed by atoms with E-state index in [9.17, 15) is 8.42 Å². The maximum absolute atomic E-state index is 12.5. The number of benzene rings is 1. The van der Waals surface area contributed by atoms with Crippen LogP contribution in [0.25, 0.3) is 0 Å². The van der Waals surface area contributed by atoms with Gasteiger partial charge in [-0.2, -0.15) is 11.3 Å². The fourth-order valence-corrected chi connectivity index (χ4v) is 4.44. The lowest BCUT2D eigenvalue weighted by Gasteiger charge is -2.24. The molecule has 4 nitrogen and oxygen atoms in total. The highest BCUT2D eigenvalue weighted by atomic mass is 35.5. The first-order valence-electron chi connectivity index (χ1n) is 6.75. The predicted octanol–water partition coefficient (Wildman–Crippen LogP) is 3.29. The van der Waals surface area contributed by atoms with Gasteiger partial charge >= 0.3 is 0 Å². The summed E-state index contributed by atoms with van der Waals surface area (Å²) in [6.07, 6.45) is 0. The molecule has 7 heteroatoms. The van der Waals surface area contributed by atoms with Crippen LogP contribution in [0.4, 0.5) is 0 Å². The highest BCUT2D eigenvalue weighted by Crippen LogP contribution is 2.22. The summed E-state index contributed by atoms with van der Waals surface area (Å²) < 4.78 is 27.7. The van der Waals surface area contributed by atoms with E-state index < -0.39 is 10.0 Å². The number of rotatable bonds is 6. The van der Waals surface area contributed by atoms with E-state index in [0.717, 1.165) is 5.56 Å². The topological polar surface area (TPSA) is 49.4 Å². The highest BCUT2D eigenvalue weighted by molar-refractivity contribution is 7.89. The van der Waals surface area contributed by atoms with Gasteiger partial charge in [-0.1, -0.05) is 11.6 Å². The van der Waals surface area contributed by atoms with Crippen molar-refractivity contribution in [1.82, 2.24) is 9.62 Å². The summed E-state index contributed by atoms with van der Waals surface area (Å²) in [6.45, 7) is 2.05. The van der Waals surface area contributed by atoms with E-state index in [-0.39, 0.29) is 10.9 Å². The van der Waals surface area contributed by atoms with Crippen LogP contribution in [0.15, 0.2) is 39.9 Å². The standard InChI is InChI=1S/C15H19ClN2O2S2/c1-11-8-13(16)4-5-15(11)22(19,20)17-9-14(18(2)3)12-6-7-21-10-12/h4-8,10,14,17H,9H2,1-3H3. The number of aryl methyl sites for hydroxylation is 1. The molecule has 0 radical (unpaired) electrons. The smallest absolute Gasteiger partial charge is 0.240 e. The number of likely N-dealkylation sites (N-methyl/N-ethyl adjacent to an activating group) is 1. The molecule has 0 bridgehead atoms. The Morgan fingerprint density at radius 3 is 2.59 bits per heavy atom. The van der Waals surface area contributed by atoms with Crippen LogP contribution in [0.3, 0.4) is 0 Å². The van der Waals surface area contributed by atoms with E-state index in [1.54, 1.807) is 30.4 Å². The normalized spacial score (nSPS) is 13.5. The van der Waals surface area contributed by atoms with Gasteiger partial charge in [-0.3, -0.25) is 0 Å². The second-order valence-corrected chi connectivity index (χ2v) is 8.25. The molecule has 1 heterocycles. The Morgan fingerprint density at radius 2 is 2.05 bits per heavy atom. The zero-order valence-corrected chi connectivity index (χ0v) is 15.1. The molecule has 1 unspecified atom stereocenters. The Morgan fingerprint density at radius 1 is 1.32 bits per heavy atom. The quantitative estimate of drug-likeness (QED) is 0.862. The van der Waals surface area contributed by atoms with E-state index in [0.29, 0.717) is 17.1 Å². The molecule has 1 N–H and O–H groups in total. The second kappa shape index (κ2) is 7.10. The zero-order chi connectivity index (χ0) is 16.3. The predicted molar refractivity (Wildman–Crippen MR) is 92.1 cm³/mol. The fourth-order valence-electron chi connectivity index (χ4n) is 2.24. The highest BCUT2D eigenvalue weighted by Gasteiger charge is 2.21. The summed E-state index contributed by atoms with van der Waals surface area (Å²) in [5, 5.41) is 4.55. The van der Waals surface area contributed by atoms with Crippen molar-refractivity contribution >= 4 is 33.0 Å². The van der Waals surface area contributed by atoms with Gasteiger partial charge in [-0.05, 0) is 67.2 Å². The molecule has 1 aromatic carbocycles. The Labute approximate surface area is 140 Å². The van der Waals surface area contributed by atoms with E-state index in [1.165, 1.54) is 6.07 Å². The van der Waals surface area contributed by atoms with Gasteiger partial charge in [0, 0.05) is 17.6 Å². The Hall–Kier alpha value is -0.920. The summed E-state index contributed by atoms with van der Waals surface area (Å²) in [5.41, 5.74) is 1.74. The molecule has 0 saturated carbocycles. The van der Waals surface area contributed by atoms with Crippen LogP contribution in [0, 0.1) is 6.92 Å². The largest absolute Gasteiger partial charge is 0.301 e. The van der Waals surface area contributed by atoms with Crippen molar-refractivity contribution in [2.24, 2.45) is 0 Å². The average Bonchev–Trinajstić information content (AvgIpc) is 2.91. The van der Waals surface area contributed by atoms with Crippen LogP contribution in [-0.4, -0.2) is 34.0 Å². The molecule has 2 rings (SSSR count). The molecule has 1 aromatic heterocycles. The third-order valence-corrected chi connectivity index (χ3v) is 5.96. The van der Waals surface area contributed by atoms with Gasteiger partial charge in [0.25, 0.3) is 0 Å². The minimum absolute atomic E-state index is 0.00590. The van der Waals surface area contributed by atoms with E-state index in [4.69, 9.17) is 11.6 Å². The Bertz CT molecular complexity index is 728. The van der Waals surface area contributed by atoms with Crippen molar-refractivity contribution in [3.8, 4) is 0 Å². The minimum Gasteiger partial charge on any atom is -0.301 e. The van der Waals surface area contributed by atoms with Crippen molar-refractivity contribution in [3.63, 3.8) is 0 Å². The second-order valence-electron chi connectivity index (χ2n) is 5.30. The van der Waals surface area contributed by atoms with E-state index >= 15 is 0 Å². The van der Waals surface area contributed by atoms with Crippen molar-refractivity contribution in [2.75, 3.05) is 20.6 Å². The average molecular weight is 359 g/mol. The van der Waals surface area contributed by atoms with E-state index in [2.05, 4.69) is 4.72 Å². The first-order chi connectivity index (χ1) is 10.3. The lowest BCUT2D eigenvalue weighted by atomic mass is 10.1. The third-order valence-electron chi connectivity index (χ3n) is 3.44. The van der Waals surface area contributed by atoms with Gasteiger partial charge in [-0.15, -0.1) is 0 Å². The SMILES string of the molecule is Cc1cc(Cl)ccc1S(=O)(=O)NCC(c1ccsc1)N(C)C. The van der Waals surface area contributed by atoms with Gasteiger partial charge < -0.3 is 4.90 Å². The minimum atomic E-state index is -3.56. The van der Waals surface area contributed by atoms with Crippen LogP contribution >= 0.6 is 22.9 Å². The molecule has 0 aliphatic heterocycles. The maximum atomic E-state index is 12.5. The summed E-state index contributed by atoms with van der Waals surface area (Å²) in [6, 6.07) is 6.78. The van der Waals surface area contributed by atoms with Gasteiger partial charge in [0.1, 0.15) is 0 Å². The van der Waals surface area contributed by atoms with Gasteiger partial charge in [0.2, 0.25) is 10.0 Å². The molecule has 2 aromatic rings. The molecule has 0 aliphatic carbocycles. The molecular weight excluding hydrogens is 340 g/mol. The number of hydrogen-bond donors (Lipinski definition) is 1. The van der Waals surface area contributed by atoms with E-state index in [1.807, 2.05) is 35.8 Å². The van der Waals surface area contributed by atoms with Gasteiger partial charge in [0.05, 0.1) is 4.90 Å². The number of nitrogens with one attached hydrogen (secondary N) is 1. The summed E-state index contributed by atoms with van der Waals surface area (Å²) in [7, 11) is 0.310. The monoisotopic (exact) mass is 358 g/mol. The molecule has 0 spiro atoms. The first kappa shape index (κ1) is 17.4. The van der Waals surface area contributed by atoms with Crippen LogP contribution in [-0.2, 0) is 10.0 Å². The summed E-state index contributed by atoms with van der Waals surface area (Å²) in [4.78, 5) is 2.26. The number of hydrogen-bond acceptors (Lipinski definition) is 4. The fraction of sp³-hybridized carbons (Fsp3) is 0.333. The van der Waals surface area contributed by atoms with Gasteiger partial charge in [-0.25, -0.2) is 13.1 Å². The number of sulfonamides is 1. The molecule has 120 valence electrons. The summed E-state index contributed by atoms with van der Waals surface area (Å²) >= 11 is 7.48. The van der Waals surface area contributed by atoms with Crippen LogP contribution in [0.1, 0.15) is 17.2 Å². The molecule has 0 fully saturated rings. The molecule has 1 atom stereocenters. The maximum Gasteiger partial charge on any atom is 0.240 e. The third kappa shape index (κ3) is 4.08. The zero-order valence-electron chi connectivity index (χ0n) is 12.7. The molecule has 0 amide bonds. The Balaban J connectivity index is 2.18. The lowest BCUT2D eigenvalue weighted by Crippen LogP contribution is -2.34. The molecule has 0 saturated heterocycles.